The largest absolute Gasteiger partial charge is 0.457 e. The monoisotopic (exact) mass is 360 g/mol. The van der Waals surface area contributed by atoms with Crippen molar-refractivity contribution in [3.8, 4) is 11.5 Å². The number of nitrogens with one attached hydrogen (secondary N) is 2. The number of amides is 1. The lowest BCUT2D eigenvalue weighted by Gasteiger charge is -2.18. The fourth-order valence-corrected chi connectivity index (χ4v) is 2.80. The summed E-state index contributed by atoms with van der Waals surface area (Å²) in [6.07, 6.45) is 0.848. The molecule has 1 amide bonds. The Balaban J connectivity index is 1.50. The number of carbonyl (C=O) groups excluding carboxylic acids is 1. The number of hydrogen-bond donors (Lipinski definition) is 2. The van der Waals surface area contributed by atoms with Crippen LogP contribution >= 0.6 is 0 Å². The van der Waals surface area contributed by atoms with Gasteiger partial charge in [-0.25, -0.2) is 0 Å². The van der Waals surface area contributed by atoms with Gasteiger partial charge in [0.05, 0.1) is 12.6 Å². The predicted octanol–water partition coefficient (Wildman–Crippen LogP) is 5.16. The maximum Gasteiger partial charge on any atom is 0.239 e. The lowest BCUT2D eigenvalue weighted by Crippen LogP contribution is -2.33. The van der Waals surface area contributed by atoms with Crippen LogP contribution in [0.1, 0.15) is 24.9 Å². The molecule has 1 unspecified atom stereocenters. The summed E-state index contributed by atoms with van der Waals surface area (Å²) in [5.41, 5.74) is 1.99. The van der Waals surface area contributed by atoms with E-state index in [0.717, 1.165) is 29.2 Å². The molecule has 27 heavy (non-hydrogen) atoms. The molecule has 0 saturated heterocycles. The summed E-state index contributed by atoms with van der Waals surface area (Å²) in [5, 5.41) is 6.22. The molecule has 0 aliphatic carbocycles. The average molecular weight is 360 g/mol. The summed E-state index contributed by atoms with van der Waals surface area (Å²) in [6.45, 7) is 2.29. The third-order valence-electron chi connectivity index (χ3n) is 4.23. The Hall–Kier alpha value is -3.27. The van der Waals surface area contributed by atoms with E-state index in [9.17, 15) is 4.79 Å². The molecule has 2 N–H and O–H groups in total. The van der Waals surface area contributed by atoms with Crippen LogP contribution in [0.25, 0.3) is 0 Å². The SMILES string of the molecule is CCC(NC(=O)CNc1ccc(Oc2ccccc2)cc1)c1ccccc1. The first-order chi connectivity index (χ1) is 13.2. The summed E-state index contributed by atoms with van der Waals surface area (Å²) in [4.78, 5) is 12.3. The van der Waals surface area contributed by atoms with E-state index in [0.29, 0.717) is 0 Å². The van der Waals surface area contributed by atoms with Crippen LogP contribution in [0.3, 0.4) is 0 Å². The summed E-state index contributed by atoms with van der Waals surface area (Å²) in [6, 6.07) is 27.3. The van der Waals surface area contributed by atoms with Crippen molar-refractivity contribution in [3.63, 3.8) is 0 Å². The Morgan fingerprint density at radius 3 is 2.07 bits per heavy atom. The number of ether oxygens (including phenoxy) is 1. The Morgan fingerprint density at radius 2 is 1.44 bits per heavy atom. The van der Waals surface area contributed by atoms with Gasteiger partial charge in [0.1, 0.15) is 11.5 Å². The van der Waals surface area contributed by atoms with E-state index >= 15 is 0 Å². The van der Waals surface area contributed by atoms with Crippen molar-refractivity contribution in [3.05, 3.63) is 90.5 Å². The minimum absolute atomic E-state index is 0.0298. The molecule has 3 aromatic rings. The number of anilines is 1. The average Bonchev–Trinajstić information content (AvgIpc) is 2.73. The van der Waals surface area contributed by atoms with E-state index in [1.54, 1.807) is 0 Å². The number of carbonyl (C=O) groups is 1. The molecule has 0 radical (unpaired) electrons. The van der Waals surface area contributed by atoms with Crippen LogP contribution in [0.15, 0.2) is 84.9 Å². The van der Waals surface area contributed by atoms with Crippen molar-refractivity contribution in [2.45, 2.75) is 19.4 Å². The molecule has 4 heteroatoms. The molecule has 0 aromatic heterocycles. The fourth-order valence-electron chi connectivity index (χ4n) is 2.80. The second-order valence-corrected chi connectivity index (χ2v) is 6.23. The third-order valence-corrected chi connectivity index (χ3v) is 4.23. The van der Waals surface area contributed by atoms with E-state index in [1.807, 2.05) is 84.9 Å². The van der Waals surface area contributed by atoms with Gasteiger partial charge in [0.2, 0.25) is 5.91 Å². The van der Waals surface area contributed by atoms with E-state index in [-0.39, 0.29) is 18.5 Å². The smallest absolute Gasteiger partial charge is 0.239 e. The highest BCUT2D eigenvalue weighted by molar-refractivity contribution is 5.81. The van der Waals surface area contributed by atoms with Gasteiger partial charge >= 0.3 is 0 Å². The van der Waals surface area contributed by atoms with Crippen LogP contribution in [-0.2, 0) is 4.79 Å². The van der Waals surface area contributed by atoms with Gasteiger partial charge in [-0.1, -0.05) is 55.5 Å². The first-order valence-corrected chi connectivity index (χ1v) is 9.15. The van der Waals surface area contributed by atoms with Gasteiger partial charge < -0.3 is 15.4 Å². The second kappa shape index (κ2) is 9.43. The zero-order chi connectivity index (χ0) is 18.9. The van der Waals surface area contributed by atoms with Crippen LogP contribution in [0.5, 0.6) is 11.5 Å². The highest BCUT2D eigenvalue weighted by atomic mass is 16.5. The van der Waals surface area contributed by atoms with Crippen LogP contribution in [0.4, 0.5) is 5.69 Å². The highest BCUT2D eigenvalue weighted by Crippen LogP contribution is 2.22. The summed E-state index contributed by atoms with van der Waals surface area (Å²) in [7, 11) is 0. The molecule has 0 aliphatic heterocycles. The van der Waals surface area contributed by atoms with Crippen LogP contribution in [0.2, 0.25) is 0 Å². The zero-order valence-corrected chi connectivity index (χ0v) is 15.4. The van der Waals surface area contributed by atoms with Crippen molar-refractivity contribution in [1.29, 1.82) is 0 Å². The zero-order valence-electron chi connectivity index (χ0n) is 15.4. The van der Waals surface area contributed by atoms with E-state index < -0.39 is 0 Å². The molecule has 0 aliphatic rings. The standard InChI is InChI=1S/C23H24N2O2/c1-2-22(18-9-5-3-6-10-18)25-23(26)17-24-19-13-15-21(16-14-19)27-20-11-7-4-8-12-20/h3-16,22,24H,2,17H2,1H3,(H,25,26). The number of benzene rings is 3. The van der Waals surface area contributed by atoms with Crippen molar-refractivity contribution >= 4 is 11.6 Å². The minimum atomic E-state index is -0.0321. The number of para-hydroxylation sites is 1. The molecule has 0 fully saturated rings. The normalized spacial score (nSPS) is 11.4. The van der Waals surface area contributed by atoms with E-state index in [2.05, 4.69) is 17.6 Å². The molecule has 0 bridgehead atoms. The minimum Gasteiger partial charge on any atom is -0.457 e. The molecule has 3 rings (SSSR count). The van der Waals surface area contributed by atoms with Crippen molar-refractivity contribution in [1.82, 2.24) is 5.32 Å². The lowest BCUT2D eigenvalue weighted by molar-refractivity contribution is -0.120. The maximum absolute atomic E-state index is 12.3. The predicted molar refractivity (Wildman–Crippen MR) is 109 cm³/mol. The van der Waals surface area contributed by atoms with Crippen LogP contribution in [0, 0.1) is 0 Å². The quantitative estimate of drug-likeness (QED) is 0.583. The maximum atomic E-state index is 12.3. The summed E-state index contributed by atoms with van der Waals surface area (Å²) in [5.74, 6) is 1.52. The molecule has 3 aromatic carbocycles. The third kappa shape index (κ3) is 5.61. The molecule has 0 heterocycles. The highest BCUT2D eigenvalue weighted by Gasteiger charge is 2.12. The molecule has 4 nitrogen and oxygen atoms in total. The van der Waals surface area contributed by atoms with Crippen molar-refractivity contribution in [2.24, 2.45) is 0 Å². The second-order valence-electron chi connectivity index (χ2n) is 6.23. The Morgan fingerprint density at radius 1 is 0.852 bits per heavy atom. The first-order valence-electron chi connectivity index (χ1n) is 9.15. The van der Waals surface area contributed by atoms with Gasteiger partial charge in [-0.2, -0.15) is 0 Å². The van der Waals surface area contributed by atoms with Gasteiger partial charge in [0.15, 0.2) is 0 Å². The van der Waals surface area contributed by atoms with E-state index in [1.165, 1.54) is 0 Å². The van der Waals surface area contributed by atoms with Gasteiger partial charge in [-0.15, -0.1) is 0 Å². The van der Waals surface area contributed by atoms with Gasteiger partial charge in [0, 0.05) is 5.69 Å². The Kier molecular flexibility index (Phi) is 6.47. The Bertz CT molecular complexity index is 833. The lowest BCUT2D eigenvalue weighted by atomic mass is 10.0. The fraction of sp³-hybridized carbons (Fsp3) is 0.174. The molecular formula is C23H24N2O2. The van der Waals surface area contributed by atoms with Crippen LogP contribution < -0.4 is 15.4 Å². The number of hydrogen-bond acceptors (Lipinski definition) is 3. The first kappa shape index (κ1) is 18.5. The van der Waals surface area contributed by atoms with Gasteiger partial charge in [-0.3, -0.25) is 4.79 Å². The molecule has 0 spiro atoms. The van der Waals surface area contributed by atoms with Crippen molar-refractivity contribution in [2.75, 3.05) is 11.9 Å². The molecule has 1 atom stereocenters. The Labute approximate surface area is 160 Å². The van der Waals surface area contributed by atoms with E-state index in [4.69, 9.17) is 4.74 Å². The van der Waals surface area contributed by atoms with Gasteiger partial charge in [0.25, 0.3) is 0 Å². The topological polar surface area (TPSA) is 50.4 Å². The number of rotatable bonds is 8. The summed E-state index contributed by atoms with van der Waals surface area (Å²) >= 11 is 0. The summed E-state index contributed by atoms with van der Waals surface area (Å²) < 4.78 is 5.77. The van der Waals surface area contributed by atoms with Crippen molar-refractivity contribution < 1.29 is 9.53 Å². The van der Waals surface area contributed by atoms with Gasteiger partial charge in [-0.05, 0) is 48.4 Å². The van der Waals surface area contributed by atoms with Crippen LogP contribution in [-0.4, -0.2) is 12.5 Å². The molecule has 0 saturated carbocycles. The molecular weight excluding hydrogens is 336 g/mol. The molecule has 138 valence electrons.